The van der Waals surface area contributed by atoms with Crippen molar-refractivity contribution < 1.29 is 0 Å². The number of allylic oxidation sites excluding steroid dienone is 1. The van der Waals surface area contributed by atoms with Gasteiger partial charge in [-0.3, -0.25) is 4.98 Å². The third kappa shape index (κ3) is 2.10. The van der Waals surface area contributed by atoms with Gasteiger partial charge in [0.15, 0.2) is 0 Å². The highest BCUT2D eigenvalue weighted by atomic mass is 14.7. The summed E-state index contributed by atoms with van der Waals surface area (Å²) in [4.78, 5) is 4.46. The summed E-state index contributed by atoms with van der Waals surface area (Å²) in [5.74, 6) is 0. The third-order valence-corrected chi connectivity index (χ3v) is 3.08. The van der Waals surface area contributed by atoms with E-state index < -0.39 is 0 Å². The van der Waals surface area contributed by atoms with Crippen LogP contribution in [0.3, 0.4) is 0 Å². The number of nitrogens with two attached hydrogens (primary N) is 1. The van der Waals surface area contributed by atoms with Gasteiger partial charge in [-0.1, -0.05) is 17.7 Å². The average Bonchev–Trinajstić information content (AvgIpc) is 2.69. The maximum absolute atomic E-state index is 6.24. The van der Waals surface area contributed by atoms with Gasteiger partial charge in [-0.05, 0) is 44.7 Å². The van der Waals surface area contributed by atoms with Gasteiger partial charge >= 0.3 is 0 Å². The number of hydrogen-bond donors (Lipinski definition) is 1. The summed E-state index contributed by atoms with van der Waals surface area (Å²) in [6, 6.07) is 4.21. The number of nitrogens with zero attached hydrogens (tertiary/aromatic N) is 1. The SMILES string of the molecule is Cc1ccc(C(N)C2=CCCC2)c(C)n1. The van der Waals surface area contributed by atoms with E-state index in [9.17, 15) is 0 Å². The van der Waals surface area contributed by atoms with Crippen LogP contribution in [0, 0.1) is 13.8 Å². The molecule has 2 heteroatoms. The third-order valence-electron chi connectivity index (χ3n) is 3.08. The Bertz CT molecular complexity index is 394. The van der Waals surface area contributed by atoms with Crippen molar-refractivity contribution in [2.45, 2.75) is 39.2 Å². The first-order valence-corrected chi connectivity index (χ1v) is 5.57. The fraction of sp³-hybridized carbons (Fsp3) is 0.462. The van der Waals surface area contributed by atoms with Crippen molar-refractivity contribution in [1.29, 1.82) is 0 Å². The lowest BCUT2D eigenvalue weighted by Gasteiger charge is -2.15. The second kappa shape index (κ2) is 4.15. The Morgan fingerprint density at radius 2 is 2.13 bits per heavy atom. The maximum atomic E-state index is 6.24. The van der Waals surface area contributed by atoms with Gasteiger partial charge in [-0.15, -0.1) is 0 Å². The standard InChI is InChI=1S/C13H18N2/c1-9-7-8-12(10(2)15-9)13(14)11-5-3-4-6-11/h5,7-8,13H,3-4,6,14H2,1-2H3. The van der Waals surface area contributed by atoms with Crippen molar-refractivity contribution in [2.24, 2.45) is 5.73 Å². The predicted octanol–water partition coefficient (Wildman–Crippen LogP) is 2.81. The molecule has 1 aromatic heterocycles. The van der Waals surface area contributed by atoms with Crippen LogP contribution >= 0.6 is 0 Å². The molecule has 1 unspecified atom stereocenters. The van der Waals surface area contributed by atoms with Crippen LogP contribution < -0.4 is 5.73 Å². The molecule has 0 aliphatic heterocycles. The van der Waals surface area contributed by atoms with Crippen LogP contribution in [0.5, 0.6) is 0 Å². The quantitative estimate of drug-likeness (QED) is 0.749. The van der Waals surface area contributed by atoms with E-state index in [1.54, 1.807) is 0 Å². The molecule has 0 amide bonds. The number of hydrogen-bond acceptors (Lipinski definition) is 2. The van der Waals surface area contributed by atoms with Crippen LogP contribution in [-0.2, 0) is 0 Å². The van der Waals surface area contributed by atoms with Crippen LogP contribution in [0.1, 0.15) is 42.3 Å². The lowest BCUT2D eigenvalue weighted by Crippen LogP contribution is -2.14. The molecule has 1 aromatic rings. The Hall–Kier alpha value is -1.15. The van der Waals surface area contributed by atoms with E-state index >= 15 is 0 Å². The second-order valence-corrected chi connectivity index (χ2v) is 4.28. The molecule has 1 aliphatic carbocycles. The Kier molecular flexibility index (Phi) is 2.87. The van der Waals surface area contributed by atoms with Crippen LogP contribution in [0.15, 0.2) is 23.8 Å². The average molecular weight is 202 g/mol. The molecule has 2 rings (SSSR count). The lowest BCUT2D eigenvalue weighted by atomic mass is 9.98. The number of rotatable bonds is 2. The molecule has 2 nitrogen and oxygen atoms in total. The summed E-state index contributed by atoms with van der Waals surface area (Å²) >= 11 is 0. The fourth-order valence-corrected chi connectivity index (χ4v) is 2.20. The molecular weight excluding hydrogens is 184 g/mol. The van der Waals surface area contributed by atoms with Gasteiger partial charge in [0.25, 0.3) is 0 Å². The minimum atomic E-state index is 0.0561. The molecule has 2 N–H and O–H groups in total. The molecule has 0 aromatic carbocycles. The Labute approximate surface area is 91.2 Å². The van der Waals surface area contributed by atoms with Crippen LogP contribution in [0.2, 0.25) is 0 Å². The van der Waals surface area contributed by atoms with E-state index in [1.165, 1.54) is 24.0 Å². The Morgan fingerprint density at radius 3 is 2.73 bits per heavy atom. The van der Waals surface area contributed by atoms with Crippen molar-refractivity contribution in [3.05, 3.63) is 40.7 Å². The van der Waals surface area contributed by atoms with Crippen molar-refractivity contribution in [1.82, 2.24) is 4.98 Å². The molecule has 15 heavy (non-hydrogen) atoms. The van der Waals surface area contributed by atoms with Gasteiger partial charge in [0, 0.05) is 11.4 Å². The minimum absolute atomic E-state index is 0.0561. The van der Waals surface area contributed by atoms with Crippen molar-refractivity contribution in [3.63, 3.8) is 0 Å². The fourth-order valence-electron chi connectivity index (χ4n) is 2.20. The van der Waals surface area contributed by atoms with E-state index in [4.69, 9.17) is 5.73 Å². The van der Waals surface area contributed by atoms with Gasteiger partial charge in [0.2, 0.25) is 0 Å². The normalized spacial score (nSPS) is 17.7. The zero-order valence-electron chi connectivity index (χ0n) is 9.46. The van der Waals surface area contributed by atoms with Gasteiger partial charge in [-0.2, -0.15) is 0 Å². The largest absolute Gasteiger partial charge is 0.320 e. The Morgan fingerprint density at radius 1 is 1.33 bits per heavy atom. The highest BCUT2D eigenvalue weighted by Crippen LogP contribution is 2.29. The first kappa shape index (κ1) is 10.4. The minimum Gasteiger partial charge on any atom is -0.320 e. The second-order valence-electron chi connectivity index (χ2n) is 4.28. The number of aryl methyl sites for hydroxylation is 2. The van der Waals surface area contributed by atoms with Crippen molar-refractivity contribution >= 4 is 0 Å². The van der Waals surface area contributed by atoms with Crippen LogP contribution in [0.25, 0.3) is 0 Å². The molecule has 80 valence electrons. The van der Waals surface area contributed by atoms with Gasteiger partial charge in [0.1, 0.15) is 0 Å². The molecule has 0 saturated heterocycles. The number of pyridine rings is 1. The van der Waals surface area contributed by atoms with Crippen LogP contribution in [-0.4, -0.2) is 4.98 Å². The molecule has 0 bridgehead atoms. The highest BCUT2D eigenvalue weighted by Gasteiger charge is 2.16. The van der Waals surface area contributed by atoms with E-state index in [0.717, 1.165) is 17.8 Å². The molecule has 1 atom stereocenters. The molecule has 0 radical (unpaired) electrons. The first-order valence-electron chi connectivity index (χ1n) is 5.57. The highest BCUT2D eigenvalue weighted by molar-refractivity contribution is 5.32. The number of aromatic nitrogens is 1. The van der Waals surface area contributed by atoms with E-state index in [-0.39, 0.29) is 6.04 Å². The maximum Gasteiger partial charge on any atom is 0.0528 e. The molecule has 0 fully saturated rings. The van der Waals surface area contributed by atoms with Gasteiger partial charge in [0.05, 0.1) is 6.04 Å². The molecule has 0 spiro atoms. The summed E-state index contributed by atoms with van der Waals surface area (Å²) in [7, 11) is 0. The van der Waals surface area contributed by atoms with Crippen molar-refractivity contribution in [3.8, 4) is 0 Å². The lowest BCUT2D eigenvalue weighted by molar-refractivity contribution is 0.772. The van der Waals surface area contributed by atoms with E-state index in [2.05, 4.69) is 17.1 Å². The zero-order chi connectivity index (χ0) is 10.8. The summed E-state index contributed by atoms with van der Waals surface area (Å²) in [5, 5.41) is 0. The molecule has 1 aliphatic rings. The van der Waals surface area contributed by atoms with Crippen LogP contribution in [0.4, 0.5) is 0 Å². The van der Waals surface area contributed by atoms with Gasteiger partial charge in [-0.25, -0.2) is 0 Å². The smallest absolute Gasteiger partial charge is 0.0528 e. The van der Waals surface area contributed by atoms with Crippen molar-refractivity contribution in [2.75, 3.05) is 0 Å². The Balaban J connectivity index is 2.28. The predicted molar refractivity (Wildman–Crippen MR) is 62.6 cm³/mol. The summed E-state index contributed by atoms with van der Waals surface area (Å²) in [5.41, 5.74) is 10.9. The van der Waals surface area contributed by atoms with E-state index in [0.29, 0.717) is 0 Å². The molecular formula is C13H18N2. The molecule has 1 heterocycles. The summed E-state index contributed by atoms with van der Waals surface area (Å²) in [6.07, 6.45) is 5.86. The summed E-state index contributed by atoms with van der Waals surface area (Å²) < 4.78 is 0. The first-order chi connectivity index (χ1) is 7.18. The van der Waals surface area contributed by atoms with Gasteiger partial charge < -0.3 is 5.73 Å². The molecule has 0 saturated carbocycles. The topological polar surface area (TPSA) is 38.9 Å². The zero-order valence-corrected chi connectivity index (χ0v) is 9.46. The monoisotopic (exact) mass is 202 g/mol. The van der Waals surface area contributed by atoms with E-state index in [1.807, 2.05) is 19.9 Å². The summed E-state index contributed by atoms with van der Waals surface area (Å²) in [6.45, 7) is 4.05.